The highest BCUT2D eigenvalue weighted by molar-refractivity contribution is 14.1. The molecule has 0 atom stereocenters. The van der Waals surface area contributed by atoms with Crippen molar-refractivity contribution < 1.29 is 13.2 Å². The number of rotatable bonds is 2. The van der Waals surface area contributed by atoms with E-state index >= 15 is 0 Å². The number of benzene rings is 2. The van der Waals surface area contributed by atoms with Crippen molar-refractivity contribution in [1.82, 2.24) is 0 Å². The average Bonchev–Trinajstić information content (AvgIpc) is 2.30. The second kappa shape index (κ2) is 5.93. The number of hydrogen-bond donors (Lipinski definition) is 0. The van der Waals surface area contributed by atoms with Gasteiger partial charge >= 0.3 is 5.51 Å². The highest BCUT2D eigenvalue weighted by Crippen LogP contribution is 2.40. The molecule has 0 aliphatic heterocycles. The van der Waals surface area contributed by atoms with Crippen molar-refractivity contribution in [3.8, 4) is 11.1 Å². The molecule has 0 N–H and O–H groups in total. The Morgan fingerprint density at radius 1 is 1.05 bits per heavy atom. The first-order valence-electron chi connectivity index (χ1n) is 5.16. The molecule has 0 aliphatic carbocycles. The Kier molecular flexibility index (Phi) is 4.68. The quantitative estimate of drug-likeness (QED) is 0.415. The highest BCUT2D eigenvalue weighted by atomic mass is 127. The lowest BCUT2D eigenvalue weighted by Gasteiger charge is -2.10. The monoisotopic (exact) mass is 414 g/mol. The fourth-order valence-electron chi connectivity index (χ4n) is 1.58. The molecule has 0 fully saturated rings. The lowest BCUT2D eigenvalue weighted by atomic mass is 10.1. The van der Waals surface area contributed by atoms with Crippen LogP contribution in [0.5, 0.6) is 0 Å². The summed E-state index contributed by atoms with van der Waals surface area (Å²) in [4.78, 5) is 0.130. The third kappa shape index (κ3) is 4.29. The van der Waals surface area contributed by atoms with Gasteiger partial charge in [-0.2, -0.15) is 13.2 Å². The molecule has 0 bridgehead atoms. The van der Waals surface area contributed by atoms with Crippen LogP contribution in [0.4, 0.5) is 13.2 Å². The molecule has 0 aliphatic rings. The van der Waals surface area contributed by atoms with Crippen LogP contribution in [-0.4, -0.2) is 5.51 Å². The van der Waals surface area contributed by atoms with Crippen LogP contribution < -0.4 is 0 Å². The van der Waals surface area contributed by atoms with E-state index in [1.165, 1.54) is 18.2 Å². The molecule has 2 aromatic rings. The largest absolute Gasteiger partial charge is 0.446 e. The van der Waals surface area contributed by atoms with Crippen LogP contribution >= 0.6 is 46.0 Å². The van der Waals surface area contributed by atoms with Crippen molar-refractivity contribution in [1.29, 1.82) is 0 Å². The summed E-state index contributed by atoms with van der Waals surface area (Å²) in [5.41, 5.74) is -2.88. The van der Waals surface area contributed by atoms with Gasteiger partial charge in [0.15, 0.2) is 0 Å². The van der Waals surface area contributed by atoms with E-state index < -0.39 is 5.51 Å². The minimum Gasteiger partial charge on any atom is -0.160 e. The molecule has 0 saturated heterocycles. The molecule has 0 spiro atoms. The average molecular weight is 415 g/mol. The van der Waals surface area contributed by atoms with Crippen molar-refractivity contribution in [3.63, 3.8) is 0 Å². The third-order valence-electron chi connectivity index (χ3n) is 2.31. The zero-order valence-electron chi connectivity index (χ0n) is 9.34. The smallest absolute Gasteiger partial charge is 0.160 e. The maximum absolute atomic E-state index is 12.4. The second-order valence-corrected chi connectivity index (χ2v) is 6.49. The second-order valence-electron chi connectivity index (χ2n) is 3.70. The Morgan fingerprint density at radius 2 is 1.79 bits per heavy atom. The summed E-state index contributed by atoms with van der Waals surface area (Å²) in [5, 5.41) is 0.438. The standard InChI is InChI=1S/C13H7ClF3IS/c14-12-5-4-10(19-13(15,16)17)7-11(12)8-2-1-3-9(18)6-8/h1-7H. The zero-order valence-corrected chi connectivity index (χ0v) is 13.1. The molecule has 6 heteroatoms. The first-order chi connectivity index (χ1) is 8.85. The summed E-state index contributed by atoms with van der Waals surface area (Å²) in [6.07, 6.45) is 0. The van der Waals surface area contributed by atoms with Gasteiger partial charge in [-0.3, -0.25) is 0 Å². The summed E-state index contributed by atoms with van der Waals surface area (Å²) in [5.74, 6) is 0. The van der Waals surface area contributed by atoms with E-state index in [0.29, 0.717) is 10.6 Å². The van der Waals surface area contributed by atoms with Crippen LogP contribution in [0.1, 0.15) is 0 Å². The normalized spacial score (nSPS) is 11.6. The molecule has 0 aromatic heterocycles. The molecule has 0 amide bonds. The fraction of sp³-hybridized carbons (Fsp3) is 0.0769. The number of hydrogen-bond acceptors (Lipinski definition) is 1. The van der Waals surface area contributed by atoms with Crippen molar-refractivity contribution in [2.24, 2.45) is 0 Å². The van der Waals surface area contributed by atoms with E-state index in [1.54, 1.807) is 0 Å². The van der Waals surface area contributed by atoms with Crippen LogP contribution in [0.25, 0.3) is 11.1 Å². The van der Waals surface area contributed by atoms with Gasteiger partial charge in [-0.15, -0.1) is 0 Å². The molecule has 2 rings (SSSR count). The first kappa shape index (κ1) is 15.0. The van der Waals surface area contributed by atoms with Crippen molar-refractivity contribution in [3.05, 3.63) is 51.1 Å². The molecule has 2 aromatic carbocycles. The van der Waals surface area contributed by atoms with Gasteiger partial charge in [-0.05, 0) is 70.2 Å². The fourth-order valence-corrected chi connectivity index (χ4v) is 2.93. The molecule has 100 valence electrons. The van der Waals surface area contributed by atoms with E-state index in [9.17, 15) is 13.2 Å². The molecule has 0 nitrogen and oxygen atoms in total. The number of thioether (sulfide) groups is 1. The van der Waals surface area contributed by atoms with Gasteiger partial charge in [0.2, 0.25) is 0 Å². The third-order valence-corrected chi connectivity index (χ3v) is 4.03. The lowest BCUT2D eigenvalue weighted by Crippen LogP contribution is -1.99. The molecular formula is C13H7ClF3IS. The minimum absolute atomic E-state index is 0.130. The first-order valence-corrected chi connectivity index (χ1v) is 7.44. The van der Waals surface area contributed by atoms with E-state index in [1.807, 2.05) is 24.3 Å². The summed E-state index contributed by atoms with van der Waals surface area (Å²) in [7, 11) is 0. The van der Waals surface area contributed by atoms with Crippen LogP contribution in [0.3, 0.4) is 0 Å². The Labute approximate surface area is 131 Å². The van der Waals surface area contributed by atoms with Crippen molar-refractivity contribution in [2.75, 3.05) is 0 Å². The summed E-state index contributed by atoms with van der Waals surface area (Å²) < 4.78 is 38.1. The van der Waals surface area contributed by atoms with Gasteiger partial charge < -0.3 is 0 Å². The SMILES string of the molecule is FC(F)(F)Sc1ccc(Cl)c(-c2cccc(I)c2)c1. The van der Waals surface area contributed by atoms with Gasteiger partial charge in [0.05, 0.1) is 0 Å². The number of halogens is 5. The zero-order chi connectivity index (χ0) is 14.0. The summed E-state index contributed by atoms with van der Waals surface area (Å²) >= 11 is 8.07. The maximum Gasteiger partial charge on any atom is 0.446 e. The molecule has 0 radical (unpaired) electrons. The van der Waals surface area contributed by atoms with Gasteiger partial charge in [-0.1, -0.05) is 23.7 Å². The van der Waals surface area contributed by atoms with Gasteiger partial charge in [0.1, 0.15) is 0 Å². The predicted molar refractivity (Wildman–Crippen MR) is 81.5 cm³/mol. The Hall–Kier alpha value is -0.400. The molecular weight excluding hydrogens is 408 g/mol. The topological polar surface area (TPSA) is 0 Å². The van der Waals surface area contributed by atoms with E-state index in [4.69, 9.17) is 11.6 Å². The van der Waals surface area contributed by atoms with E-state index in [0.717, 1.165) is 9.13 Å². The Balaban J connectivity index is 2.43. The van der Waals surface area contributed by atoms with Crippen LogP contribution in [0.15, 0.2) is 47.4 Å². The molecule has 19 heavy (non-hydrogen) atoms. The molecule has 0 heterocycles. The van der Waals surface area contributed by atoms with Crippen molar-refractivity contribution in [2.45, 2.75) is 10.4 Å². The van der Waals surface area contributed by atoms with Crippen LogP contribution in [0.2, 0.25) is 5.02 Å². The summed E-state index contributed by atoms with van der Waals surface area (Å²) in [6.45, 7) is 0. The number of alkyl halides is 3. The Morgan fingerprint density at radius 3 is 2.42 bits per heavy atom. The van der Waals surface area contributed by atoms with E-state index in [-0.39, 0.29) is 16.7 Å². The van der Waals surface area contributed by atoms with E-state index in [2.05, 4.69) is 22.6 Å². The lowest BCUT2D eigenvalue weighted by molar-refractivity contribution is -0.0328. The van der Waals surface area contributed by atoms with Gasteiger partial charge in [0, 0.05) is 19.1 Å². The molecule has 0 saturated carbocycles. The van der Waals surface area contributed by atoms with Gasteiger partial charge in [0.25, 0.3) is 0 Å². The molecule has 0 unspecified atom stereocenters. The van der Waals surface area contributed by atoms with Gasteiger partial charge in [-0.25, -0.2) is 0 Å². The predicted octanol–water partition coefficient (Wildman–Crippen LogP) is 6.22. The summed E-state index contributed by atoms with van der Waals surface area (Å²) in [6, 6.07) is 11.8. The van der Waals surface area contributed by atoms with Crippen LogP contribution in [0, 0.1) is 3.57 Å². The highest BCUT2D eigenvalue weighted by Gasteiger charge is 2.29. The Bertz CT molecular complexity index is 599. The minimum atomic E-state index is -4.30. The maximum atomic E-state index is 12.4. The van der Waals surface area contributed by atoms with Crippen LogP contribution in [-0.2, 0) is 0 Å². The van der Waals surface area contributed by atoms with Crippen molar-refractivity contribution >= 4 is 46.0 Å².